The summed E-state index contributed by atoms with van der Waals surface area (Å²) in [7, 11) is 8.36. The van der Waals surface area contributed by atoms with Crippen molar-refractivity contribution < 1.29 is 72.1 Å². The van der Waals surface area contributed by atoms with E-state index >= 15 is 0 Å². The van der Waals surface area contributed by atoms with Crippen LogP contribution in [0, 0.1) is 62.3 Å². The minimum Gasteiger partial charge on any atom is -0.507 e. The van der Waals surface area contributed by atoms with Gasteiger partial charge in [-0.1, -0.05) is 317 Å². The third-order valence-electron chi connectivity index (χ3n) is 28.5. The molecule has 4 N–H and O–H groups in total. The first-order chi connectivity index (χ1) is 70.0. The summed E-state index contributed by atoms with van der Waals surface area (Å²) in [5, 5.41) is 49.0. The number of rotatable bonds is 18. The van der Waals surface area contributed by atoms with Crippen LogP contribution in [0.4, 0.5) is 0 Å². The summed E-state index contributed by atoms with van der Waals surface area (Å²) in [6, 6.07) is 147. The van der Waals surface area contributed by atoms with E-state index < -0.39 is 21.7 Å². The van der Waals surface area contributed by atoms with Crippen LogP contribution in [0.15, 0.2) is 431 Å². The number of likely N-dealkylation sites (N-methyl/N-ethyl adjacent to an activating group) is 2. The molecule has 0 aromatic heterocycles. The van der Waals surface area contributed by atoms with Gasteiger partial charge in [-0.25, -0.2) is 0 Å². The van der Waals surface area contributed by atoms with Gasteiger partial charge in [0.15, 0.2) is 0 Å². The molecule has 0 aliphatic heterocycles. The summed E-state index contributed by atoms with van der Waals surface area (Å²) in [5.74, 6) is 1.36. The maximum absolute atomic E-state index is 12.3. The van der Waals surface area contributed by atoms with Gasteiger partial charge in [0, 0.05) is 119 Å². The molecule has 18 aromatic rings. The molecule has 0 bridgehead atoms. The summed E-state index contributed by atoms with van der Waals surface area (Å²) in [5.41, 5.74) is 34.6. The number of fused-ring (bicyclic) bond motifs is 12. The first-order valence-corrected chi connectivity index (χ1v) is 50.0. The van der Waals surface area contributed by atoms with Gasteiger partial charge in [-0.3, -0.25) is 9.80 Å². The van der Waals surface area contributed by atoms with E-state index in [2.05, 4.69) is 380 Å². The van der Waals surface area contributed by atoms with E-state index in [1.807, 2.05) is 188 Å². The molecule has 0 radical (unpaired) electrons. The van der Waals surface area contributed by atoms with Crippen LogP contribution in [-0.4, -0.2) is 94.4 Å². The molecule has 10 heteroatoms. The minimum absolute atomic E-state index is 0. The Bertz CT molecular complexity index is 6740. The number of phenolic OH excluding ortho intramolecular Hbond substituents is 4. The minimum atomic E-state index is -0.500. The van der Waals surface area contributed by atoms with Gasteiger partial charge >= 0.3 is 51.7 Å². The van der Waals surface area contributed by atoms with E-state index in [0.717, 1.165) is 121 Å². The van der Waals surface area contributed by atoms with Crippen molar-refractivity contribution in [1.82, 2.24) is 19.6 Å². The Morgan fingerprint density at radius 3 is 0.537 bits per heavy atom. The van der Waals surface area contributed by atoms with Crippen molar-refractivity contribution in [2.75, 3.05) is 54.4 Å². The Hall–Kier alpha value is -14.0. The second-order valence-electron chi connectivity index (χ2n) is 39.6. The van der Waals surface area contributed by atoms with Gasteiger partial charge in [-0.05, 0) is 166 Å². The summed E-state index contributed by atoms with van der Waals surface area (Å²) >= 11 is 0. The van der Waals surface area contributed by atoms with E-state index in [1.54, 1.807) is 0 Å². The molecule has 0 saturated heterocycles. The molecule has 0 heterocycles. The average Bonchev–Trinajstić information content (AvgIpc) is 1.68. The summed E-state index contributed by atoms with van der Waals surface area (Å²) in [6.45, 7) is 43.1. The fourth-order valence-corrected chi connectivity index (χ4v) is 21.1. The van der Waals surface area contributed by atoms with Crippen molar-refractivity contribution in [2.45, 2.75) is 111 Å². The molecule has 4 aliphatic carbocycles. The van der Waals surface area contributed by atoms with Crippen molar-refractivity contribution in [1.29, 1.82) is 0 Å². The molecule has 750 valence electrons. The quantitative estimate of drug-likeness (QED) is 0.0499. The molecule has 0 saturated carbocycles. The molecule has 8 nitrogen and oxygen atoms in total. The molecule has 0 unspecified atom stereocenters. The number of phenols is 4. The maximum atomic E-state index is 12.3. The smallest absolute Gasteiger partial charge is 0.507 e. The van der Waals surface area contributed by atoms with Gasteiger partial charge in [0.2, 0.25) is 0 Å². The number of aryl methyl sites for hydroxylation is 3. The number of nitrogens with zero attached hydrogens (tertiary/aromatic N) is 4. The molecule has 18 aromatic carbocycles. The summed E-state index contributed by atoms with van der Waals surface area (Å²) in [4.78, 5) is 9.10. The third-order valence-corrected chi connectivity index (χ3v) is 28.5. The number of para-hydroxylation sites is 1. The SMILES string of the molecule is C.C.Cc1cc(CN(CCN(C)C)Cc2cc(C)cc(C3(C)c4ccccc4-c4ccccc43)c2O)c(O)c(C2(C)c3ccccc3-c3ccccc32)c1.Cc1cc(CN(CCN(C)C)Cc2cccc(C3(C)c4ccccc4-c4ccccc43)c2O)c(O)c(C2(C)c3ccccc3-c3ccccc32)c1.[CH2-]c1ccccc1.[CH2-]c1ccccc1.[CH2-]c1ccccc1.[CH2-]c1ccccc1.[CH2-]c1ccccc1.[CH2-]c1ccccc1.[Hf+4].[Hf+4]. The van der Waals surface area contributed by atoms with Crippen LogP contribution in [0.5, 0.6) is 23.0 Å². The Morgan fingerprint density at radius 2 is 0.356 bits per heavy atom. The predicted octanol–water partition coefficient (Wildman–Crippen LogP) is 32.1. The zero-order valence-corrected chi connectivity index (χ0v) is 94.2. The third kappa shape index (κ3) is 26.3. The van der Waals surface area contributed by atoms with Crippen LogP contribution in [0.2, 0.25) is 0 Å². The van der Waals surface area contributed by atoms with Crippen LogP contribution < -0.4 is 0 Å². The fourth-order valence-electron chi connectivity index (χ4n) is 21.1. The Balaban J connectivity index is 0.000000198. The van der Waals surface area contributed by atoms with Gasteiger partial charge < -0.3 is 30.2 Å². The Morgan fingerprint density at radius 1 is 0.195 bits per heavy atom. The van der Waals surface area contributed by atoms with E-state index in [-0.39, 0.29) is 66.5 Å². The average molecular weight is 2290 g/mol. The first-order valence-electron chi connectivity index (χ1n) is 50.0. The Kier molecular flexibility index (Phi) is 40.8. The monoisotopic (exact) mass is 2290 g/mol. The van der Waals surface area contributed by atoms with Gasteiger partial charge in [0.25, 0.3) is 0 Å². The number of hydrogen-bond acceptors (Lipinski definition) is 8. The summed E-state index contributed by atoms with van der Waals surface area (Å²) in [6.07, 6.45) is 0. The second kappa shape index (κ2) is 52.7. The van der Waals surface area contributed by atoms with E-state index in [9.17, 15) is 20.4 Å². The topological polar surface area (TPSA) is 93.9 Å². The van der Waals surface area contributed by atoms with Crippen LogP contribution in [0.25, 0.3) is 44.5 Å². The van der Waals surface area contributed by atoms with Gasteiger partial charge in [0.05, 0.1) is 0 Å². The standard InChI is InChI=1S/C48H48N2O2.C47H46N2O2.6C7H7.2CH4.2Hf/c1-31-25-33(45(51)43(27-31)47(3)39-19-11-7-15-35(39)36-16-8-12-20-40(36)47)29-50(24-23-49(5)6)30-34-26-32(2)28-44(46(34)52)48(4)41-21-13-9-17-37(41)38-18-10-14-22-42(38)48;1-31-27-33(45(51)43(28-31)47(3)40-22-12-8-18-36(40)37-19-9-13-23-41(37)47)30-49(26-25-48(4)5)29-32-15-14-24-42(44(32)50)46(2)38-20-10-6-16-34(38)35-17-7-11-21-39(35)46;6*1-7-5-3-2-4-6-7;;;;/h7-22,25-28,51-52H,23-24,29-30H2,1-6H3;6-24,27-28,50-51H,25-26,29-30H2,1-5H3;6*2-6H,1H2;2*1H4;;/q;;6*-1;;;2*+4. The van der Waals surface area contributed by atoms with Crippen LogP contribution in [0.3, 0.4) is 0 Å². The fraction of sp³-hybridized carbons (Fsp3) is 0.180. The molecule has 4 aliphatic rings. The molecular formula is C139H144Hf2N4O4+2. The van der Waals surface area contributed by atoms with Crippen molar-refractivity contribution in [2.24, 2.45) is 0 Å². The Labute approximate surface area is 928 Å². The van der Waals surface area contributed by atoms with E-state index in [4.69, 9.17) is 0 Å². The normalized spacial score (nSPS) is 12.6. The molecule has 0 atom stereocenters. The van der Waals surface area contributed by atoms with Crippen molar-refractivity contribution in [3.8, 4) is 67.5 Å². The van der Waals surface area contributed by atoms with Crippen LogP contribution in [-0.2, 0) is 99.5 Å². The first kappa shape index (κ1) is 115. The van der Waals surface area contributed by atoms with Crippen molar-refractivity contribution >= 4 is 0 Å². The molecule has 22 rings (SSSR count). The zero-order valence-electron chi connectivity index (χ0n) is 87.0. The maximum Gasteiger partial charge on any atom is 4.00 e. The molecule has 149 heavy (non-hydrogen) atoms. The molecule has 0 fully saturated rings. The van der Waals surface area contributed by atoms with Gasteiger partial charge in [0.1, 0.15) is 23.0 Å². The van der Waals surface area contributed by atoms with Crippen molar-refractivity contribution in [3.05, 3.63) is 611 Å². The van der Waals surface area contributed by atoms with Gasteiger partial charge in [-0.15, -0.1) is 72.8 Å². The predicted molar refractivity (Wildman–Crippen MR) is 621 cm³/mol. The molecular weight excluding hydrogens is 2150 g/mol. The van der Waals surface area contributed by atoms with E-state index in [1.165, 1.54) is 89.0 Å². The van der Waals surface area contributed by atoms with Crippen molar-refractivity contribution in [3.63, 3.8) is 0 Å². The van der Waals surface area contributed by atoms with Gasteiger partial charge in [-0.2, -0.15) is 148 Å². The van der Waals surface area contributed by atoms with Crippen LogP contribution >= 0.6 is 0 Å². The molecule has 0 spiro atoms. The second-order valence-corrected chi connectivity index (χ2v) is 39.6. The van der Waals surface area contributed by atoms with E-state index in [0.29, 0.717) is 49.2 Å². The number of benzene rings is 18. The molecule has 0 amide bonds. The number of hydrogen-bond donors (Lipinski definition) is 4. The summed E-state index contributed by atoms with van der Waals surface area (Å²) < 4.78 is 0. The number of aromatic hydroxyl groups is 4. The largest absolute Gasteiger partial charge is 4.00 e. The van der Waals surface area contributed by atoms with Crippen LogP contribution in [0.1, 0.15) is 182 Å². The zero-order chi connectivity index (χ0) is 103.